The van der Waals surface area contributed by atoms with Crippen molar-refractivity contribution in [2.45, 2.75) is 11.3 Å². The quantitative estimate of drug-likeness (QED) is 0.840. The second kappa shape index (κ2) is 5.40. The lowest BCUT2D eigenvalue weighted by Gasteiger charge is -2.13. The van der Waals surface area contributed by atoms with Crippen molar-refractivity contribution in [1.82, 2.24) is 4.72 Å². The molecular formula is C10H10F3NO3S. The van der Waals surface area contributed by atoms with Crippen LogP contribution in [0, 0.1) is 0 Å². The van der Waals surface area contributed by atoms with Crippen LogP contribution in [0.25, 0.3) is 0 Å². The number of hydrogen-bond acceptors (Lipinski definition) is 3. The number of nitrogens with one attached hydrogen (secondary N) is 1. The van der Waals surface area contributed by atoms with Crippen LogP contribution in [0.5, 0.6) is 5.75 Å². The fourth-order valence-corrected chi connectivity index (χ4v) is 2.25. The van der Waals surface area contributed by atoms with Gasteiger partial charge in [-0.3, -0.25) is 0 Å². The Labute approximate surface area is 102 Å². The molecule has 0 aliphatic rings. The second-order valence-corrected chi connectivity index (χ2v) is 4.87. The summed E-state index contributed by atoms with van der Waals surface area (Å²) in [5, 5.41) is 0. The Bertz CT molecular complexity index is 525. The molecule has 0 bridgehead atoms. The van der Waals surface area contributed by atoms with Gasteiger partial charge in [0.05, 0.1) is 0 Å². The lowest BCUT2D eigenvalue weighted by molar-refractivity contribution is -0.275. The number of alkyl halides is 3. The first-order chi connectivity index (χ1) is 8.26. The summed E-state index contributed by atoms with van der Waals surface area (Å²) in [4.78, 5) is -0.579. The van der Waals surface area contributed by atoms with Crippen molar-refractivity contribution in [2.75, 3.05) is 6.54 Å². The Hall–Kier alpha value is -1.54. The second-order valence-electron chi connectivity index (χ2n) is 3.14. The average Bonchev–Trinajstić information content (AvgIpc) is 2.25. The van der Waals surface area contributed by atoms with Crippen LogP contribution in [0.15, 0.2) is 41.8 Å². The first-order valence-corrected chi connectivity index (χ1v) is 6.20. The highest BCUT2D eigenvalue weighted by Crippen LogP contribution is 2.28. The number of sulfonamides is 1. The summed E-state index contributed by atoms with van der Waals surface area (Å²) in [5.74, 6) is -0.776. The van der Waals surface area contributed by atoms with E-state index in [0.29, 0.717) is 0 Å². The number of ether oxygens (including phenoxy) is 1. The number of rotatable bonds is 5. The van der Waals surface area contributed by atoms with Crippen molar-refractivity contribution >= 4 is 10.0 Å². The van der Waals surface area contributed by atoms with Gasteiger partial charge in [0.1, 0.15) is 10.6 Å². The van der Waals surface area contributed by atoms with Gasteiger partial charge in [0.25, 0.3) is 0 Å². The molecule has 1 aromatic rings. The molecule has 18 heavy (non-hydrogen) atoms. The minimum absolute atomic E-state index is 0.0946. The molecule has 0 radical (unpaired) electrons. The Morgan fingerprint density at radius 2 is 1.94 bits per heavy atom. The van der Waals surface area contributed by atoms with E-state index in [4.69, 9.17) is 0 Å². The molecule has 1 aromatic carbocycles. The smallest absolute Gasteiger partial charge is 0.404 e. The van der Waals surface area contributed by atoms with E-state index < -0.39 is 27.0 Å². The highest BCUT2D eigenvalue weighted by atomic mass is 32.2. The van der Waals surface area contributed by atoms with Gasteiger partial charge in [-0.1, -0.05) is 18.2 Å². The summed E-state index contributed by atoms with van der Waals surface area (Å²) in [5.41, 5.74) is 0. The molecule has 0 saturated heterocycles. The molecular weight excluding hydrogens is 271 g/mol. The van der Waals surface area contributed by atoms with Crippen molar-refractivity contribution in [3.8, 4) is 5.75 Å². The van der Waals surface area contributed by atoms with Crippen LogP contribution in [0.2, 0.25) is 0 Å². The fourth-order valence-electron chi connectivity index (χ4n) is 1.13. The minimum atomic E-state index is -4.95. The highest BCUT2D eigenvalue weighted by Gasteiger charge is 2.33. The van der Waals surface area contributed by atoms with Gasteiger partial charge in [-0.2, -0.15) is 0 Å². The molecule has 8 heteroatoms. The molecule has 0 amide bonds. The van der Waals surface area contributed by atoms with Crippen molar-refractivity contribution < 1.29 is 26.3 Å². The fraction of sp³-hybridized carbons (Fsp3) is 0.200. The third kappa shape index (κ3) is 4.04. The topological polar surface area (TPSA) is 55.4 Å². The van der Waals surface area contributed by atoms with Gasteiger partial charge >= 0.3 is 6.36 Å². The summed E-state index contributed by atoms with van der Waals surface area (Å²) in [7, 11) is -4.07. The summed E-state index contributed by atoms with van der Waals surface area (Å²) in [6.07, 6.45) is -3.69. The molecule has 0 aliphatic carbocycles. The molecule has 4 nitrogen and oxygen atoms in total. The highest BCUT2D eigenvalue weighted by molar-refractivity contribution is 7.89. The van der Waals surface area contributed by atoms with Gasteiger partial charge < -0.3 is 4.74 Å². The molecule has 0 fully saturated rings. The van der Waals surface area contributed by atoms with Gasteiger partial charge in [0.2, 0.25) is 10.0 Å². The molecule has 0 saturated carbocycles. The van der Waals surface area contributed by atoms with E-state index in [2.05, 4.69) is 16.0 Å². The van der Waals surface area contributed by atoms with Crippen LogP contribution >= 0.6 is 0 Å². The SMILES string of the molecule is C=CCNS(=O)(=O)c1ccccc1OC(F)(F)F. The lowest BCUT2D eigenvalue weighted by atomic mass is 10.3. The van der Waals surface area contributed by atoms with Crippen LogP contribution in [0.3, 0.4) is 0 Å². The average molecular weight is 281 g/mol. The Morgan fingerprint density at radius 1 is 1.33 bits per heavy atom. The molecule has 1 N–H and O–H groups in total. The number of para-hydroxylation sites is 1. The zero-order valence-electron chi connectivity index (χ0n) is 9.07. The number of hydrogen-bond donors (Lipinski definition) is 1. The van der Waals surface area contributed by atoms with Gasteiger partial charge in [0.15, 0.2) is 0 Å². The van der Waals surface area contributed by atoms with E-state index >= 15 is 0 Å². The predicted molar refractivity (Wildman–Crippen MR) is 58.5 cm³/mol. The van der Waals surface area contributed by atoms with Gasteiger partial charge in [-0.15, -0.1) is 19.8 Å². The third-order valence-electron chi connectivity index (χ3n) is 1.78. The zero-order chi connectivity index (χ0) is 13.8. The number of halogens is 3. The summed E-state index contributed by atoms with van der Waals surface area (Å²) < 4.78 is 65.4. The molecule has 0 spiro atoms. The van der Waals surface area contributed by atoms with Crippen molar-refractivity contribution in [3.05, 3.63) is 36.9 Å². The molecule has 100 valence electrons. The minimum Gasteiger partial charge on any atom is -0.404 e. The Morgan fingerprint density at radius 3 is 2.50 bits per heavy atom. The molecule has 0 aromatic heterocycles. The molecule has 0 aliphatic heterocycles. The molecule has 0 unspecified atom stereocenters. The molecule has 1 rings (SSSR count). The third-order valence-corrected chi connectivity index (χ3v) is 3.25. The van der Waals surface area contributed by atoms with Crippen molar-refractivity contribution in [2.24, 2.45) is 0 Å². The number of benzene rings is 1. The van der Waals surface area contributed by atoms with Crippen LogP contribution in [-0.4, -0.2) is 21.3 Å². The zero-order valence-corrected chi connectivity index (χ0v) is 9.88. The summed E-state index contributed by atoms with van der Waals surface area (Å²) in [6, 6.07) is 4.49. The van der Waals surface area contributed by atoms with Gasteiger partial charge in [-0.25, -0.2) is 13.1 Å². The first-order valence-electron chi connectivity index (χ1n) is 4.71. The first kappa shape index (κ1) is 14.5. The van der Waals surface area contributed by atoms with Crippen molar-refractivity contribution in [3.63, 3.8) is 0 Å². The normalized spacial score (nSPS) is 12.2. The van der Waals surface area contributed by atoms with Gasteiger partial charge in [-0.05, 0) is 12.1 Å². The summed E-state index contributed by atoms with van der Waals surface area (Å²) >= 11 is 0. The predicted octanol–water partition coefficient (Wildman–Crippen LogP) is 2.05. The molecule has 0 atom stereocenters. The van der Waals surface area contributed by atoms with Crippen LogP contribution in [-0.2, 0) is 10.0 Å². The summed E-state index contributed by atoms with van der Waals surface area (Å²) in [6.45, 7) is 3.21. The largest absolute Gasteiger partial charge is 0.573 e. The maximum atomic E-state index is 12.1. The molecule has 0 heterocycles. The van der Waals surface area contributed by atoms with Crippen LogP contribution in [0.4, 0.5) is 13.2 Å². The van der Waals surface area contributed by atoms with Crippen LogP contribution < -0.4 is 9.46 Å². The maximum Gasteiger partial charge on any atom is 0.573 e. The monoisotopic (exact) mass is 281 g/mol. The van der Waals surface area contributed by atoms with Crippen LogP contribution in [0.1, 0.15) is 0 Å². The van der Waals surface area contributed by atoms with E-state index in [1.54, 1.807) is 0 Å². The van der Waals surface area contributed by atoms with Gasteiger partial charge in [0, 0.05) is 6.54 Å². The Kier molecular flexibility index (Phi) is 4.36. The van der Waals surface area contributed by atoms with E-state index in [-0.39, 0.29) is 6.54 Å². The Balaban J connectivity index is 3.13. The van der Waals surface area contributed by atoms with E-state index in [1.165, 1.54) is 18.2 Å². The van der Waals surface area contributed by atoms with E-state index in [1.807, 2.05) is 0 Å². The standard InChI is InChI=1S/C10H10F3NO3S/c1-2-7-14-18(15,16)9-6-4-3-5-8(9)17-10(11,12)13/h2-6,14H,1,7H2. The van der Waals surface area contributed by atoms with E-state index in [9.17, 15) is 21.6 Å². The van der Waals surface area contributed by atoms with E-state index in [0.717, 1.165) is 12.1 Å². The maximum absolute atomic E-state index is 12.1. The van der Waals surface area contributed by atoms with Crippen molar-refractivity contribution in [1.29, 1.82) is 0 Å². The lowest BCUT2D eigenvalue weighted by Crippen LogP contribution is -2.26.